The maximum Gasteiger partial charge on any atom is 0.220 e. The first-order valence-corrected chi connectivity index (χ1v) is 3.24. The molecule has 4 heteroatoms. The van der Waals surface area contributed by atoms with Crippen molar-refractivity contribution in [2.24, 2.45) is 5.92 Å². The minimum atomic E-state index is -0.538. The predicted molar refractivity (Wildman–Crippen MR) is 33.1 cm³/mol. The molecule has 58 valence electrons. The van der Waals surface area contributed by atoms with Gasteiger partial charge in [0.1, 0.15) is 0 Å². The Morgan fingerprint density at radius 3 is 2.90 bits per heavy atom. The number of rotatable bonds is 2. The van der Waals surface area contributed by atoms with Gasteiger partial charge in [-0.3, -0.25) is 9.18 Å². The molecule has 0 unspecified atom stereocenters. The summed E-state index contributed by atoms with van der Waals surface area (Å²) in [5.74, 6) is -0.487. The fraction of sp³-hybridized carbons (Fsp3) is 0.833. The van der Waals surface area contributed by atoms with E-state index in [9.17, 15) is 9.18 Å². The lowest BCUT2D eigenvalue weighted by atomic mass is 10.0. The second-order valence-corrected chi connectivity index (χ2v) is 2.48. The summed E-state index contributed by atoms with van der Waals surface area (Å²) in [6.07, 6.45) is 0.210. The van der Waals surface area contributed by atoms with Gasteiger partial charge in [0.15, 0.2) is 0 Å². The molecule has 0 aromatic rings. The lowest BCUT2D eigenvalue weighted by Gasteiger charge is -2.11. The Morgan fingerprint density at radius 2 is 2.50 bits per heavy atom. The monoisotopic (exact) mass is 147 g/mol. The van der Waals surface area contributed by atoms with E-state index < -0.39 is 6.67 Å². The first-order chi connectivity index (χ1) is 4.77. The van der Waals surface area contributed by atoms with Crippen LogP contribution in [0.5, 0.6) is 0 Å². The van der Waals surface area contributed by atoms with Crippen molar-refractivity contribution in [3.63, 3.8) is 0 Å². The molecule has 0 radical (unpaired) electrons. The minimum Gasteiger partial charge on any atom is -0.394 e. The summed E-state index contributed by atoms with van der Waals surface area (Å²) in [4.78, 5) is 10.6. The molecule has 2 atom stereocenters. The molecule has 0 aliphatic carbocycles. The lowest BCUT2D eigenvalue weighted by molar-refractivity contribution is -0.119. The van der Waals surface area contributed by atoms with Gasteiger partial charge in [0.05, 0.1) is 19.3 Å². The molecule has 0 aromatic heterocycles. The Balaban J connectivity index is 2.48. The molecule has 1 amide bonds. The molecule has 0 spiro atoms. The molecule has 1 rings (SSSR count). The predicted octanol–water partition coefficient (Wildman–Crippen LogP) is -0.547. The molecule has 2 N–H and O–H groups in total. The van der Waals surface area contributed by atoms with Crippen molar-refractivity contribution >= 4 is 5.91 Å². The van der Waals surface area contributed by atoms with Gasteiger partial charge in [0, 0.05) is 12.3 Å². The fourth-order valence-corrected chi connectivity index (χ4v) is 1.12. The van der Waals surface area contributed by atoms with Crippen LogP contribution >= 0.6 is 0 Å². The van der Waals surface area contributed by atoms with E-state index in [-0.39, 0.29) is 30.9 Å². The highest BCUT2D eigenvalue weighted by Gasteiger charge is 2.31. The second kappa shape index (κ2) is 2.96. The maximum absolute atomic E-state index is 12.0. The zero-order chi connectivity index (χ0) is 7.56. The highest BCUT2D eigenvalue weighted by molar-refractivity contribution is 5.79. The van der Waals surface area contributed by atoms with E-state index in [2.05, 4.69) is 5.32 Å². The number of carbonyl (C=O) groups excluding carboxylic acids is 1. The minimum absolute atomic E-state index is 0.165. The average molecular weight is 147 g/mol. The van der Waals surface area contributed by atoms with Gasteiger partial charge in [0.2, 0.25) is 5.91 Å². The van der Waals surface area contributed by atoms with E-state index in [0.717, 1.165) is 0 Å². The largest absolute Gasteiger partial charge is 0.394 e. The summed E-state index contributed by atoms with van der Waals surface area (Å²) in [5, 5.41) is 11.1. The Kier molecular flexibility index (Phi) is 2.21. The molecule has 1 saturated heterocycles. The smallest absolute Gasteiger partial charge is 0.220 e. The quantitative estimate of drug-likeness (QED) is 0.550. The molecule has 1 heterocycles. The molecular formula is C6H10FNO2. The topological polar surface area (TPSA) is 49.3 Å². The van der Waals surface area contributed by atoms with E-state index in [4.69, 9.17) is 5.11 Å². The van der Waals surface area contributed by atoms with Crippen LogP contribution < -0.4 is 5.32 Å². The van der Waals surface area contributed by atoms with Crippen LogP contribution in [0.2, 0.25) is 0 Å². The van der Waals surface area contributed by atoms with E-state index in [1.807, 2.05) is 0 Å². The number of amides is 1. The van der Waals surface area contributed by atoms with Gasteiger partial charge in [0.25, 0.3) is 0 Å². The van der Waals surface area contributed by atoms with Crippen molar-refractivity contribution in [3.8, 4) is 0 Å². The molecule has 3 nitrogen and oxygen atoms in total. The Morgan fingerprint density at radius 1 is 1.80 bits per heavy atom. The van der Waals surface area contributed by atoms with E-state index >= 15 is 0 Å². The van der Waals surface area contributed by atoms with Gasteiger partial charge in [-0.1, -0.05) is 0 Å². The van der Waals surface area contributed by atoms with E-state index in [1.165, 1.54) is 0 Å². The van der Waals surface area contributed by atoms with E-state index in [0.29, 0.717) is 0 Å². The van der Waals surface area contributed by atoms with Gasteiger partial charge >= 0.3 is 0 Å². The number of aliphatic hydroxyl groups is 1. The molecule has 10 heavy (non-hydrogen) atoms. The normalized spacial score (nSPS) is 32.4. The molecular weight excluding hydrogens is 137 g/mol. The van der Waals surface area contributed by atoms with Gasteiger partial charge in [-0.2, -0.15) is 0 Å². The van der Waals surface area contributed by atoms with Crippen LogP contribution in [0.4, 0.5) is 4.39 Å². The summed E-state index contributed by atoms with van der Waals surface area (Å²) >= 11 is 0. The first kappa shape index (κ1) is 7.47. The standard InChI is InChI=1S/C6H10FNO2/c7-2-4-1-6(10)8-5(4)3-9/h4-5,9H,1-3H2,(H,8,10)/t4-,5+/m0/s1. The maximum atomic E-state index is 12.0. The van der Waals surface area contributed by atoms with Crippen LogP contribution in [0, 0.1) is 5.92 Å². The number of hydrogen-bond acceptors (Lipinski definition) is 2. The summed E-state index contributed by atoms with van der Waals surface area (Å²) in [6.45, 7) is -0.704. The zero-order valence-electron chi connectivity index (χ0n) is 5.51. The fourth-order valence-electron chi connectivity index (χ4n) is 1.12. The van der Waals surface area contributed by atoms with Crippen LogP contribution in [-0.4, -0.2) is 30.3 Å². The summed E-state index contributed by atoms with van der Waals surface area (Å²) in [7, 11) is 0. The molecule has 1 aliphatic rings. The first-order valence-electron chi connectivity index (χ1n) is 3.24. The Hall–Kier alpha value is -0.640. The summed E-state index contributed by atoms with van der Waals surface area (Å²) in [6, 6.07) is -0.363. The van der Waals surface area contributed by atoms with Gasteiger partial charge in [-0.05, 0) is 0 Å². The number of hydrogen-bond donors (Lipinski definition) is 2. The Labute approximate surface area is 58.2 Å². The molecule has 0 saturated carbocycles. The number of alkyl halides is 1. The van der Waals surface area contributed by atoms with Crippen molar-refractivity contribution in [2.75, 3.05) is 13.3 Å². The third kappa shape index (κ3) is 1.26. The van der Waals surface area contributed by atoms with Gasteiger partial charge in [-0.15, -0.1) is 0 Å². The van der Waals surface area contributed by atoms with Crippen molar-refractivity contribution in [3.05, 3.63) is 0 Å². The molecule has 1 fully saturated rings. The zero-order valence-corrected chi connectivity index (χ0v) is 5.51. The van der Waals surface area contributed by atoms with E-state index in [1.54, 1.807) is 0 Å². The molecule has 1 aliphatic heterocycles. The third-order valence-electron chi connectivity index (χ3n) is 1.76. The average Bonchev–Trinajstić information content (AvgIpc) is 2.30. The van der Waals surface area contributed by atoms with Gasteiger partial charge in [-0.25, -0.2) is 0 Å². The van der Waals surface area contributed by atoms with Crippen LogP contribution in [0.1, 0.15) is 6.42 Å². The number of aliphatic hydroxyl groups excluding tert-OH is 1. The molecule has 0 bridgehead atoms. The number of nitrogens with one attached hydrogen (secondary N) is 1. The third-order valence-corrected chi connectivity index (χ3v) is 1.76. The van der Waals surface area contributed by atoms with Crippen molar-refractivity contribution in [1.82, 2.24) is 5.32 Å². The molecule has 0 aromatic carbocycles. The lowest BCUT2D eigenvalue weighted by Crippen LogP contribution is -2.33. The number of halogens is 1. The Bertz CT molecular complexity index is 126. The van der Waals surface area contributed by atoms with Crippen molar-refractivity contribution in [1.29, 1.82) is 0 Å². The summed E-state index contributed by atoms with van der Waals surface area (Å²) in [5.41, 5.74) is 0. The van der Waals surface area contributed by atoms with Crippen molar-refractivity contribution < 1.29 is 14.3 Å². The van der Waals surface area contributed by atoms with Crippen molar-refractivity contribution in [2.45, 2.75) is 12.5 Å². The second-order valence-electron chi connectivity index (χ2n) is 2.48. The highest BCUT2D eigenvalue weighted by Crippen LogP contribution is 2.16. The summed E-state index contributed by atoms with van der Waals surface area (Å²) < 4.78 is 12.0. The SMILES string of the molecule is O=C1C[C@@H](CF)[C@@H](CO)N1. The van der Waals surface area contributed by atoms with Crippen LogP contribution in [-0.2, 0) is 4.79 Å². The highest BCUT2D eigenvalue weighted by atomic mass is 19.1. The van der Waals surface area contributed by atoms with Gasteiger partial charge < -0.3 is 10.4 Å². The van der Waals surface area contributed by atoms with Crippen LogP contribution in [0.15, 0.2) is 0 Å². The number of carbonyl (C=O) groups is 1. The van der Waals surface area contributed by atoms with Crippen LogP contribution in [0.25, 0.3) is 0 Å². The van der Waals surface area contributed by atoms with Crippen LogP contribution in [0.3, 0.4) is 0 Å².